The molecule has 1 rings (SSSR count). The molecule has 0 aliphatic heterocycles. The minimum atomic E-state index is -1.49. The fourth-order valence-corrected chi connectivity index (χ4v) is 1.16. The zero-order chi connectivity index (χ0) is 10.7. The molecule has 0 radical (unpaired) electrons. The third kappa shape index (κ3) is 3.09. The van der Waals surface area contributed by atoms with E-state index in [-0.39, 0.29) is 24.5 Å². The Morgan fingerprint density at radius 3 is 2.27 bits per heavy atom. The van der Waals surface area contributed by atoms with E-state index in [1.165, 1.54) is 0 Å². The van der Waals surface area contributed by atoms with Gasteiger partial charge in [-0.1, -0.05) is 6.07 Å². The van der Waals surface area contributed by atoms with Crippen LogP contribution in [0.1, 0.15) is 18.0 Å². The Bertz CT molecular complexity index is 333. The number of halogens is 4. The average Bonchev–Trinajstić information content (AvgIpc) is 2.15. The minimum absolute atomic E-state index is 0. The summed E-state index contributed by atoms with van der Waals surface area (Å²) in [5, 5.41) is 0. The summed E-state index contributed by atoms with van der Waals surface area (Å²) >= 11 is 0. The molecule has 0 saturated heterocycles. The summed E-state index contributed by atoms with van der Waals surface area (Å²) in [6.07, 6.45) is 0.321. The van der Waals surface area contributed by atoms with Crippen LogP contribution in [0.2, 0.25) is 0 Å². The number of hydrogen-bond donors (Lipinski definition) is 2. The van der Waals surface area contributed by atoms with Gasteiger partial charge in [0.05, 0.1) is 0 Å². The third-order valence-electron chi connectivity index (χ3n) is 1.94. The average molecular weight is 241 g/mol. The maximum Gasteiger partial charge on any atom is 0.194 e. The van der Waals surface area contributed by atoms with Gasteiger partial charge in [-0.2, -0.15) is 0 Å². The molecule has 0 amide bonds. The quantitative estimate of drug-likeness (QED) is 0.793. The molecule has 86 valence electrons. The van der Waals surface area contributed by atoms with Gasteiger partial charge in [-0.05, 0) is 19.0 Å². The smallest absolute Gasteiger partial charge is 0.194 e. The molecule has 0 fully saturated rings. The molecule has 0 heterocycles. The largest absolute Gasteiger partial charge is 0.330 e. The number of nitrogens with two attached hydrogens (primary N) is 2. The van der Waals surface area contributed by atoms with Crippen molar-refractivity contribution in [2.45, 2.75) is 12.5 Å². The molecule has 0 bridgehead atoms. The van der Waals surface area contributed by atoms with E-state index in [4.69, 9.17) is 11.5 Å². The molecule has 0 aliphatic rings. The van der Waals surface area contributed by atoms with E-state index in [1.807, 2.05) is 0 Å². The van der Waals surface area contributed by atoms with Gasteiger partial charge < -0.3 is 11.5 Å². The number of benzene rings is 1. The first-order valence-corrected chi connectivity index (χ1v) is 4.17. The predicted molar refractivity (Wildman–Crippen MR) is 54.2 cm³/mol. The van der Waals surface area contributed by atoms with Crippen LogP contribution in [0.3, 0.4) is 0 Å². The second-order valence-electron chi connectivity index (χ2n) is 2.95. The second-order valence-corrected chi connectivity index (χ2v) is 2.95. The lowest BCUT2D eigenvalue weighted by atomic mass is 10.0. The molecule has 1 aromatic carbocycles. The van der Waals surface area contributed by atoms with Crippen molar-refractivity contribution in [3.63, 3.8) is 0 Å². The van der Waals surface area contributed by atoms with Crippen LogP contribution in [0.25, 0.3) is 0 Å². The van der Waals surface area contributed by atoms with Crippen molar-refractivity contribution in [2.24, 2.45) is 11.5 Å². The van der Waals surface area contributed by atoms with Crippen LogP contribution in [-0.2, 0) is 0 Å². The van der Waals surface area contributed by atoms with Gasteiger partial charge in [0.15, 0.2) is 17.5 Å². The van der Waals surface area contributed by atoms with Crippen molar-refractivity contribution in [1.82, 2.24) is 0 Å². The van der Waals surface area contributed by atoms with Gasteiger partial charge in [0.25, 0.3) is 0 Å². The van der Waals surface area contributed by atoms with E-state index in [0.29, 0.717) is 6.42 Å². The van der Waals surface area contributed by atoms with Gasteiger partial charge in [-0.3, -0.25) is 0 Å². The molecule has 0 aromatic heterocycles. The minimum Gasteiger partial charge on any atom is -0.330 e. The van der Waals surface area contributed by atoms with Crippen LogP contribution in [-0.4, -0.2) is 6.54 Å². The molecule has 1 atom stereocenters. The number of rotatable bonds is 3. The lowest BCUT2D eigenvalue weighted by Gasteiger charge is -2.11. The normalized spacial score (nSPS) is 12.1. The van der Waals surface area contributed by atoms with Crippen LogP contribution < -0.4 is 11.5 Å². The van der Waals surface area contributed by atoms with E-state index in [2.05, 4.69) is 0 Å². The Morgan fingerprint density at radius 1 is 1.13 bits per heavy atom. The van der Waals surface area contributed by atoms with E-state index in [0.717, 1.165) is 12.1 Å². The summed E-state index contributed by atoms with van der Waals surface area (Å²) in [5.74, 6) is -3.94. The van der Waals surface area contributed by atoms with Crippen LogP contribution in [0.4, 0.5) is 13.2 Å². The Hall–Kier alpha value is -0.780. The first-order valence-electron chi connectivity index (χ1n) is 4.17. The fourth-order valence-electron chi connectivity index (χ4n) is 1.16. The van der Waals surface area contributed by atoms with Crippen molar-refractivity contribution in [1.29, 1.82) is 0 Å². The van der Waals surface area contributed by atoms with Crippen LogP contribution >= 0.6 is 12.4 Å². The molecule has 2 nitrogen and oxygen atoms in total. The van der Waals surface area contributed by atoms with Gasteiger partial charge in [0.1, 0.15) is 0 Å². The van der Waals surface area contributed by atoms with Crippen molar-refractivity contribution in [2.75, 3.05) is 6.54 Å². The summed E-state index contributed by atoms with van der Waals surface area (Å²) in [6, 6.07) is 1.29. The second kappa shape index (κ2) is 5.95. The molecular formula is C9H12ClF3N2. The Balaban J connectivity index is 0.00000196. The Kier molecular flexibility index (Phi) is 5.64. The zero-order valence-corrected chi connectivity index (χ0v) is 8.66. The van der Waals surface area contributed by atoms with Crippen molar-refractivity contribution >= 4 is 12.4 Å². The van der Waals surface area contributed by atoms with Gasteiger partial charge >= 0.3 is 0 Å². The Morgan fingerprint density at radius 2 is 1.73 bits per heavy atom. The molecule has 4 N–H and O–H groups in total. The molecule has 0 unspecified atom stereocenters. The maximum absolute atomic E-state index is 13.1. The third-order valence-corrected chi connectivity index (χ3v) is 1.94. The van der Waals surface area contributed by atoms with Crippen molar-refractivity contribution < 1.29 is 13.2 Å². The highest BCUT2D eigenvalue weighted by Crippen LogP contribution is 2.21. The fraction of sp³-hybridized carbons (Fsp3) is 0.333. The molecular weight excluding hydrogens is 229 g/mol. The van der Waals surface area contributed by atoms with Gasteiger partial charge in [0.2, 0.25) is 0 Å². The van der Waals surface area contributed by atoms with Crippen molar-refractivity contribution in [3.05, 3.63) is 35.1 Å². The standard InChI is InChI=1S/C9H11F3N2.ClH/c10-6-2-1-5(7(14)3-4-13)8(11)9(6)12;/h1-2,7H,3-4,13-14H2;1H/t7-;/m0./s1. The topological polar surface area (TPSA) is 52.0 Å². The van der Waals surface area contributed by atoms with Gasteiger partial charge in [-0.15, -0.1) is 12.4 Å². The van der Waals surface area contributed by atoms with Crippen LogP contribution in [0.5, 0.6) is 0 Å². The van der Waals surface area contributed by atoms with Gasteiger partial charge in [0, 0.05) is 11.6 Å². The highest BCUT2D eigenvalue weighted by Gasteiger charge is 2.17. The van der Waals surface area contributed by atoms with E-state index in [9.17, 15) is 13.2 Å². The summed E-state index contributed by atoms with van der Waals surface area (Å²) in [6.45, 7) is 0.263. The molecule has 0 spiro atoms. The van der Waals surface area contributed by atoms with Crippen LogP contribution in [0.15, 0.2) is 12.1 Å². The van der Waals surface area contributed by atoms with Gasteiger partial charge in [-0.25, -0.2) is 13.2 Å². The van der Waals surface area contributed by atoms with Crippen LogP contribution in [0, 0.1) is 17.5 Å². The van der Waals surface area contributed by atoms with E-state index < -0.39 is 23.5 Å². The number of hydrogen-bond acceptors (Lipinski definition) is 2. The lowest BCUT2D eigenvalue weighted by molar-refractivity contribution is 0.433. The van der Waals surface area contributed by atoms with E-state index >= 15 is 0 Å². The monoisotopic (exact) mass is 240 g/mol. The Labute approximate surface area is 91.9 Å². The molecule has 1 aromatic rings. The lowest BCUT2D eigenvalue weighted by Crippen LogP contribution is -2.17. The molecule has 0 aliphatic carbocycles. The molecule has 6 heteroatoms. The maximum atomic E-state index is 13.1. The summed E-state index contributed by atoms with van der Waals surface area (Å²) in [5.41, 5.74) is 10.7. The molecule has 0 saturated carbocycles. The zero-order valence-electron chi connectivity index (χ0n) is 7.84. The first kappa shape index (κ1) is 14.2. The summed E-state index contributed by atoms with van der Waals surface area (Å²) < 4.78 is 38.4. The van der Waals surface area contributed by atoms with Crippen molar-refractivity contribution in [3.8, 4) is 0 Å². The molecule has 15 heavy (non-hydrogen) atoms. The predicted octanol–water partition coefficient (Wildman–Crippen LogP) is 1.87. The summed E-state index contributed by atoms with van der Waals surface area (Å²) in [4.78, 5) is 0. The SMILES string of the molecule is Cl.NCC[C@H](N)c1ccc(F)c(F)c1F. The summed E-state index contributed by atoms with van der Waals surface area (Å²) in [7, 11) is 0. The van der Waals surface area contributed by atoms with E-state index in [1.54, 1.807) is 0 Å². The first-order chi connectivity index (χ1) is 6.57. The highest BCUT2D eigenvalue weighted by molar-refractivity contribution is 5.85. The highest BCUT2D eigenvalue weighted by atomic mass is 35.5.